The summed E-state index contributed by atoms with van der Waals surface area (Å²) in [6.07, 6.45) is -1.26. The third kappa shape index (κ3) is 7.74. The summed E-state index contributed by atoms with van der Waals surface area (Å²) >= 11 is 0. The molecule has 36 heavy (non-hydrogen) atoms. The van der Waals surface area contributed by atoms with Crippen LogP contribution in [-0.4, -0.2) is 24.0 Å². The number of rotatable bonds is 9. The van der Waals surface area contributed by atoms with E-state index in [9.17, 15) is 22.8 Å². The molecule has 3 rings (SSSR count). The van der Waals surface area contributed by atoms with Crippen LogP contribution < -0.4 is 20.9 Å². The van der Waals surface area contributed by atoms with Crippen molar-refractivity contribution in [2.24, 2.45) is 0 Å². The van der Waals surface area contributed by atoms with Crippen molar-refractivity contribution in [2.45, 2.75) is 18.6 Å². The molecule has 0 aliphatic carbocycles. The number of anilines is 2. The molecule has 0 heterocycles. The van der Waals surface area contributed by atoms with Crippen molar-refractivity contribution in [3.63, 3.8) is 0 Å². The van der Waals surface area contributed by atoms with E-state index < -0.39 is 24.0 Å². The maximum Gasteiger partial charge on any atom is 0.433 e. The standard InChI is InChI=1S/C25H22F3N2O5P/c26-24(36)25(27,28)35-21-8-4-17(5-9-21)23(32)34-20-6-1-15(2-7-20)3-10-22(31)33-14-16-11-18(29)13-19(30)12-16/h1-13,24H,14,29-30,36H2/b10-3+. The van der Waals surface area contributed by atoms with Gasteiger partial charge in [-0.2, -0.15) is 8.78 Å². The number of alkyl halides is 3. The summed E-state index contributed by atoms with van der Waals surface area (Å²) in [5, 5.41) is 0. The maximum absolute atomic E-state index is 13.3. The van der Waals surface area contributed by atoms with Gasteiger partial charge in [0, 0.05) is 17.5 Å². The second-order valence-corrected chi connectivity index (χ2v) is 8.08. The fourth-order valence-electron chi connectivity index (χ4n) is 2.88. The molecule has 0 aliphatic rings. The monoisotopic (exact) mass is 518 g/mol. The van der Waals surface area contributed by atoms with Gasteiger partial charge in [-0.1, -0.05) is 21.4 Å². The zero-order chi connectivity index (χ0) is 26.3. The summed E-state index contributed by atoms with van der Waals surface area (Å²) in [6, 6.07) is 15.8. The number of ether oxygens (including phenoxy) is 3. The molecule has 2 atom stereocenters. The van der Waals surface area contributed by atoms with E-state index in [1.54, 1.807) is 30.3 Å². The van der Waals surface area contributed by atoms with Crippen molar-refractivity contribution in [1.29, 1.82) is 0 Å². The van der Waals surface area contributed by atoms with Crippen LogP contribution in [0.15, 0.2) is 72.8 Å². The van der Waals surface area contributed by atoms with Crippen molar-refractivity contribution < 1.29 is 37.0 Å². The number of hydrogen-bond acceptors (Lipinski definition) is 7. The minimum atomic E-state index is -4.02. The van der Waals surface area contributed by atoms with Crippen LogP contribution in [-0.2, 0) is 16.1 Å². The van der Waals surface area contributed by atoms with E-state index in [4.69, 9.17) is 20.9 Å². The molecule has 0 bridgehead atoms. The lowest BCUT2D eigenvalue weighted by molar-refractivity contribution is -0.197. The number of carbonyl (C=O) groups excluding carboxylic acids is 2. The van der Waals surface area contributed by atoms with Crippen LogP contribution in [0.4, 0.5) is 24.5 Å². The van der Waals surface area contributed by atoms with Crippen LogP contribution in [0.3, 0.4) is 0 Å². The third-order valence-corrected chi connectivity index (χ3v) is 4.97. The first kappa shape index (κ1) is 26.6. The van der Waals surface area contributed by atoms with Gasteiger partial charge in [-0.3, -0.25) is 0 Å². The zero-order valence-electron chi connectivity index (χ0n) is 18.7. The first-order valence-corrected chi connectivity index (χ1v) is 11.1. The largest absolute Gasteiger partial charge is 0.458 e. The van der Waals surface area contributed by atoms with Gasteiger partial charge in [-0.15, -0.1) is 0 Å². The Bertz CT molecular complexity index is 1230. The SMILES string of the molecule is Nc1cc(N)cc(COC(=O)/C=C/c2ccc(OC(=O)c3ccc(OC(F)(F)C(F)P)cc3)cc2)c1. The Hall–Kier alpha value is -4.04. The molecule has 2 unspecified atom stereocenters. The van der Waals surface area contributed by atoms with E-state index >= 15 is 0 Å². The predicted octanol–water partition coefficient (Wildman–Crippen LogP) is 4.97. The first-order chi connectivity index (χ1) is 17.0. The summed E-state index contributed by atoms with van der Waals surface area (Å²) in [7, 11) is 1.32. The number of nitrogen functional groups attached to an aromatic ring is 2. The number of benzene rings is 3. The molecular formula is C25H22F3N2O5P. The van der Waals surface area contributed by atoms with Gasteiger partial charge in [0.15, 0.2) is 0 Å². The van der Waals surface area contributed by atoms with Crippen LogP contribution in [0.2, 0.25) is 0 Å². The molecule has 0 radical (unpaired) electrons. The van der Waals surface area contributed by atoms with Crippen LogP contribution >= 0.6 is 9.24 Å². The topological polar surface area (TPSA) is 114 Å². The Morgan fingerprint density at radius 2 is 1.53 bits per heavy atom. The van der Waals surface area contributed by atoms with Gasteiger partial charge in [0.1, 0.15) is 18.1 Å². The maximum atomic E-state index is 13.3. The van der Waals surface area contributed by atoms with E-state index in [1.165, 1.54) is 45.7 Å². The molecule has 0 aromatic heterocycles. The Morgan fingerprint density at radius 1 is 0.944 bits per heavy atom. The lowest BCUT2D eigenvalue weighted by Crippen LogP contribution is -2.32. The van der Waals surface area contributed by atoms with Gasteiger partial charge in [0.2, 0.25) is 5.91 Å². The molecule has 0 fully saturated rings. The zero-order valence-corrected chi connectivity index (χ0v) is 19.9. The highest BCUT2D eigenvalue weighted by Gasteiger charge is 2.40. The predicted molar refractivity (Wildman–Crippen MR) is 132 cm³/mol. The van der Waals surface area contributed by atoms with Crippen molar-refractivity contribution in [3.8, 4) is 11.5 Å². The molecule has 0 spiro atoms. The summed E-state index contributed by atoms with van der Waals surface area (Å²) in [5.41, 5.74) is 13.7. The summed E-state index contributed by atoms with van der Waals surface area (Å²) in [6.45, 7) is 0.0108. The smallest absolute Gasteiger partial charge is 0.433 e. The Morgan fingerprint density at radius 3 is 2.11 bits per heavy atom. The number of hydrogen-bond donors (Lipinski definition) is 2. The van der Waals surface area contributed by atoms with E-state index in [-0.39, 0.29) is 23.7 Å². The van der Waals surface area contributed by atoms with Gasteiger partial charge < -0.3 is 25.7 Å². The van der Waals surface area contributed by atoms with Crippen molar-refractivity contribution >= 4 is 38.6 Å². The minimum Gasteiger partial charge on any atom is -0.458 e. The molecule has 0 saturated heterocycles. The van der Waals surface area contributed by atoms with Gasteiger partial charge in [-0.25, -0.2) is 14.0 Å². The minimum absolute atomic E-state index is 0.0108. The normalized spacial score (nSPS) is 12.2. The Labute approximate surface area is 207 Å². The molecule has 11 heteroatoms. The molecule has 188 valence electrons. The van der Waals surface area contributed by atoms with Gasteiger partial charge in [0.05, 0.1) is 5.56 Å². The average Bonchev–Trinajstić information content (AvgIpc) is 2.82. The van der Waals surface area contributed by atoms with Crippen molar-refractivity contribution in [3.05, 3.63) is 89.5 Å². The average molecular weight is 518 g/mol. The van der Waals surface area contributed by atoms with Crippen LogP contribution in [0.5, 0.6) is 11.5 Å². The summed E-state index contributed by atoms with van der Waals surface area (Å²) in [5.74, 6) is -3.99. The number of nitrogens with two attached hydrogens (primary N) is 2. The quantitative estimate of drug-likeness (QED) is 0.135. The molecule has 4 N–H and O–H groups in total. The third-order valence-electron chi connectivity index (χ3n) is 4.59. The number of esters is 2. The molecule has 0 aliphatic heterocycles. The summed E-state index contributed by atoms with van der Waals surface area (Å²) < 4.78 is 54.1. The van der Waals surface area contributed by atoms with Crippen molar-refractivity contribution in [2.75, 3.05) is 11.5 Å². The highest BCUT2D eigenvalue weighted by Crippen LogP contribution is 2.30. The van der Waals surface area contributed by atoms with Gasteiger partial charge in [0.25, 0.3) is 0 Å². The van der Waals surface area contributed by atoms with E-state index in [0.29, 0.717) is 22.5 Å². The fourth-order valence-corrected chi connectivity index (χ4v) is 2.95. The highest BCUT2D eigenvalue weighted by molar-refractivity contribution is 7.17. The molecule has 3 aromatic carbocycles. The lowest BCUT2D eigenvalue weighted by atomic mass is 10.2. The van der Waals surface area contributed by atoms with E-state index in [0.717, 1.165) is 12.1 Å². The second kappa shape index (κ2) is 11.6. The number of halogens is 3. The van der Waals surface area contributed by atoms with Crippen LogP contribution in [0, 0.1) is 0 Å². The van der Waals surface area contributed by atoms with Crippen LogP contribution in [0.25, 0.3) is 6.08 Å². The van der Waals surface area contributed by atoms with Crippen molar-refractivity contribution in [1.82, 2.24) is 0 Å². The molecular weight excluding hydrogens is 496 g/mol. The van der Waals surface area contributed by atoms with E-state index in [1.807, 2.05) is 0 Å². The Kier molecular flexibility index (Phi) is 8.55. The van der Waals surface area contributed by atoms with E-state index in [2.05, 4.69) is 4.74 Å². The molecule has 7 nitrogen and oxygen atoms in total. The fraction of sp³-hybridized carbons (Fsp3) is 0.120. The molecule has 3 aromatic rings. The molecule has 0 saturated carbocycles. The highest BCUT2D eigenvalue weighted by atomic mass is 31.0. The lowest BCUT2D eigenvalue weighted by Gasteiger charge is -2.18. The van der Waals surface area contributed by atoms with Gasteiger partial charge >= 0.3 is 18.0 Å². The summed E-state index contributed by atoms with van der Waals surface area (Å²) in [4.78, 5) is 24.2. The van der Waals surface area contributed by atoms with Gasteiger partial charge in [-0.05, 0) is 71.8 Å². The molecule has 0 amide bonds. The second-order valence-electron chi connectivity index (χ2n) is 7.50. The number of carbonyl (C=O) groups is 2. The van der Waals surface area contributed by atoms with Crippen LogP contribution in [0.1, 0.15) is 21.5 Å². The first-order valence-electron chi connectivity index (χ1n) is 10.4. The Balaban J connectivity index is 1.51.